The minimum absolute atomic E-state index is 0.251. The van der Waals surface area contributed by atoms with Gasteiger partial charge in [-0.15, -0.1) is 10.2 Å². The van der Waals surface area contributed by atoms with Crippen molar-refractivity contribution < 1.29 is 9.90 Å². The fourth-order valence-corrected chi connectivity index (χ4v) is 3.34. The molecule has 0 aliphatic rings. The summed E-state index contributed by atoms with van der Waals surface area (Å²) in [5.74, 6) is -1.07. The van der Waals surface area contributed by atoms with E-state index < -0.39 is 11.5 Å². The number of nitrogens with zero attached hydrogens (tertiary/aromatic N) is 3. The second-order valence-corrected chi connectivity index (χ2v) is 6.65. The van der Waals surface area contributed by atoms with E-state index in [0.29, 0.717) is 10.9 Å². The average Bonchev–Trinajstić information content (AvgIpc) is 3.19. The van der Waals surface area contributed by atoms with Gasteiger partial charge in [0.05, 0.1) is 12.1 Å². The Morgan fingerprint density at radius 1 is 1.11 bits per heavy atom. The summed E-state index contributed by atoms with van der Waals surface area (Å²) in [6, 6.07) is 16.4. The van der Waals surface area contributed by atoms with Gasteiger partial charge in [-0.1, -0.05) is 53.8 Å². The first-order valence-electron chi connectivity index (χ1n) is 8.11. The second-order valence-electron chi connectivity index (χ2n) is 5.82. The Kier molecular flexibility index (Phi) is 4.39. The molecule has 2 heterocycles. The van der Waals surface area contributed by atoms with Crippen LogP contribution in [-0.4, -0.2) is 25.8 Å². The highest BCUT2D eigenvalue weighted by molar-refractivity contribution is 7.13. The highest BCUT2D eigenvalue weighted by Gasteiger charge is 2.23. The quantitative estimate of drug-likeness (QED) is 0.569. The molecule has 0 radical (unpaired) electrons. The van der Waals surface area contributed by atoms with Crippen LogP contribution in [0, 0.1) is 0 Å². The molecule has 0 spiro atoms. The Hall–Kier alpha value is -3.52. The summed E-state index contributed by atoms with van der Waals surface area (Å²) in [6.07, 6.45) is 0. The van der Waals surface area contributed by atoms with E-state index in [-0.39, 0.29) is 23.0 Å². The smallest absolute Gasteiger partial charge is 0.268 e. The minimum atomic E-state index is -0.721. The predicted molar refractivity (Wildman–Crippen MR) is 103 cm³/mol. The summed E-state index contributed by atoms with van der Waals surface area (Å²) >= 11 is 1.12. The molecule has 4 rings (SSSR count). The zero-order valence-corrected chi connectivity index (χ0v) is 14.8. The summed E-state index contributed by atoms with van der Waals surface area (Å²) in [5, 5.41) is 21.2. The summed E-state index contributed by atoms with van der Waals surface area (Å²) in [4.78, 5) is 25.7. The number of fused-ring (bicyclic) bond motifs is 1. The van der Waals surface area contributed by atoms with Gasteiger partial charge in [0.25, 0.3) is 11.5 Å². The lowest BCUT2D eigenvalue weighted by atomic mass is 10.1. The van der Waals surface area contributed by atoms with Crippen molar-refractivity contribution in [2.75, 3.05) is 5.32 Å². The van der Waals surface area contributed by atoms with Gasteiger partial charge in [0.1, 0.15) is 16.8 Å². The van der Waals surface area contributed by atoms with E-state index in [2.05, 4.69) is 15.5 Å². The van der Waals surface area contributed by atoms with Gasteiger partial charge in [0, 0.05) is 5.39 Å². The predicted octanol–water partition coefficient (Wildman–Crippen LogP) is 2.86. The topological polar surface area (TPSA) is 97.1 Å². The highest BCUT2D eigenvalue weighted by atomic mass is 32.1. The van der Waals surface area contributed by atoms with Crippen LogP contribution in [0.15, 0.2) is 64.9 Å². The van der Waals surface area contributed by atoms with E-state index in [9.17, 15) is 14.7 Å². The first kappa shape index (κ1) is 16.9. The zero-order chi connectivity index (χ0) is 18.8. The van der Waals surface area contributed by atoms with Crippen molar-refractivity contribution in [1.82, 2.24) is 14.8 Å². The molecule has 0 unspecified atom stereocenters. The van der Waals surface area contributed by atoms with E-state index in [1.807, 2.05) is 30.3 Å². The fraction of sp³-hybridized carbons (Fsp3) is 0.0526. The first-order valence-corrected chi connectivity index (χ1v) is 8.99. The van der Waals surface area contributed by atoms with Crippen molar-refractivity contribution in [3.05, 3.63) is 81.6 Å². The molecule has 0 fully saturated rings. The number of pyridine rings is 1. The molecule has 0 saturated carbocycles. The number of rotatable bonds is 4. The lowest BCUT2D eigenvalue weighted by Gasteiger charge is -2.14. The van der Waals surface area contributed by atoms with Gasteiger partial charge in [-0.3, -0.25) is 14.9 Å². The molecule has 8 heteroatoms. The maximum Gasteiger partial charge on any atom is 0.268 e. The maximum atomic E-state index is 13.1. The molecule has 1 amide bonds. The van der Waals surface area contributed by atoms with E-state index >= 15 is 0 Å². The third-order valence-electron chi connectivity index (χ3n) is 4.14. The van der Waals surface area contributed by atoms with Gasteiger partial charge in [0.2, 0.25) is 5.13 Å². The van der Waals surface area contributed by atoms with Gasteiger partial charge in [-0.05, 0) is 17.7 Å². The summed E-state index contributed by atoms with van der Waals surface area (Å²) in [5.41, 5.74) is 2.03. The van der Waals surface area contributed by atoms with E-state index in [1.54, 1.807) is 24.3 Å². The van der Waals surface area contributed by atoms with Crippen LogP contribution >= 0.6 is 11.3 Å². The number of benzene rings is 2. The van der Waals surface area contributed by atoms with Crippen molar-refractivity contribution >= 4 is 33.3 Å². The maximum absolute atomic E-state index is 13.1. The molecule has 0 aliphatic carbocycles. The monoisotopic (exact) mass is 378 g/mol. The Balaban J connectivity index is 1.89. The fourth-order valence-electron chi connectivity index (χ4n) is 2.90. The second kappa shape index (κ2) is 7.00. The molecule has 27 heavy (non-hydrogen) atoms. The lowest BCUT2D eigenvalue weighted by Crippen LogP contribution is -2.30. The summed E-state index contributed by atoms with van der Waals surface area (Å²) < 4.78 is 1.49. The van der Waals surface area contributed by atoms with Crippen LogP contribution in [0.25, 0.3) is 10.9 Å². The van der Waals surface area contributed by atoms with Crippen LogP contribution in [0.3, 0.4) is 0 Å². The number of amides is 1. The number of nitrogens with one attached hydrogen (secondary N) is 1. The van der Waals surface area contributed by atoms with E-state index in [4.69, 9.17) is 0 Å². The van der Waals surface area contributed by atoms with Gasteiger partial charge >= 0.3 is 0 Å². The molecule has 4 aromatic rings. The first-order chi connectivity index (χ1) is 13.1. The number of hydrogen-bond acceptors (Lipinski definition) is 6. The SMILES string of the molecule is O=C(Nc1nncs1)c1c(O)c2ccccc2n(Cc2ccccc2)c1=O. The Morgan fingerprint density at radius 3 is 2.59 bits per heavy atom. The van der Waals surface area contributed by atoms with Crippen LogP contribution < -0.4 is 10.9 Å². The number of aromatic nitrogens is 3. The number of aromatic hydroxyl groups is 1. The van der Waals surface area contributed by atoms with Crippen LogP contribution in [0.2, 0.25) is 0 Å². The van der Waals surface area contributed by atoms with Gasteiger partial charge in [-0.25, -0.2) is 0 Å². The van der Waals surface area contributed by atoms with Crippen molar-refractivity contribution in [3.8, 4) is 5.75 Å². The Bertz CT molecular complexity index is 1170. The standard InChI is InChI=1S/C19H14N4O3S/c24-16-13-8-4-5-9-14(13)23(10-12-6-2-1-3-7-12)18(26)15(16)17(25)21-19-22-20-11-27-19/h1-9,11,24H,10H2,(H,21,22,25). The highest BCUT2D eigenvalue weighted by Crippen LogP contribution is 2.27. The number of anilines is 1. The van der Waals surface area contributed by atoms with Gasteiger partial charge in [0.15, 0.2) is 0 Å². The third-order valence-corrected chi connectivity index (χ3v) is 4.74. The molecular weight excluding hydrogens is 364 g/mol. The number of hydrogen-bond donors (Lipinski definition) is 2. The third kappa shape index (κ3) is 3.18. The van der Waals surface area contributed by atoms with Gasteiger partial charge < -0.3 is 9.67 Å². The molecule has 0 aliphatic heterocycles. The van der Waals surface area contributed by atoms with Gasteiger partial charge in [-0.2, -0.15) is 0 Å². The molecule has 134 valence electrons. The number of carbonyl (C=O) groups excluding carboxylic acids is 1. The molecule has 0 bridgehead atoms. The molecule has 2 N–H and O–H groups in total. The normalized spacial score (nSPS) is 10.8. The zero-order valence-electron chi connectivity index (χ0n) is 14.0. The Morgan fingerprint density at radius 2 is 1.85 bits per heavy atom. The number of para-hydroxylation sites is 1. The molecule has 7 nitrogen and oxygen atoms in total. The van der Waals surface area contributed by atoms with Crippen LogP contribution in [-0.2, 0) is 6.54 Å². The number of carbonyl (C=O) groups is 1. The lowest BCUT2D eigenvalue weighted by molar-refractivity contribution is 0.102. The molecule has 2 aromatic heterocycles. The van der Waals surface area contributed by atoms with Crippen LogP contribution in [0.1, 0.15) is 15.9 Å². The van der Waals surface area contributed by atoms with E-state index in [1.165, 1.54) is 10.1 Å². The van der Waals surface area contributed by atoms with E-state index in [0.717, 1.165) is 16.9 Å². The van der Waals surface area contributed by atoms with Crippen molar-refractivity contribution in [2.24, 2.45) is 0 Å². The molecule has 0 atom stereocenters. The summed E-state index contributed by atoms with van der Waals surface area (Å²) in [7, 11) is 0. The largest absolute Gasteiger partial charge is 0.506 e. The van der Waals surface area contributed by atoms with Crippen LogP contribution in [0.5, 0.6) is 5.75 Å². The minimum Gasteiger partial charge on any atom is -0.506 e. The summed E-state index contributed by atoms with van der Waals surface area (Å²) in [6.45, 7) is 0.277. The molecular formula is C19H14N4O3S. The molecule has 0 saturated heterocycles. The van der Waals surface area contributed by atoms with Crippen molar-refractivity contribution in [1.29, 1.82) is 0 Å². The van der Waals surface area contributed by atoms with Crippen LogP contribution in [0.4, 0.5) is 5.13 Å². The van der Waals surface area contributed by atoms with Crippen molar-refractivity contribution in [3.63, 3.8) is 0 Å². The Labute approximate surface area is 157 Å². The van der Waals surface area contributed by atoms with Crippen molar-refractivity contribution in [2.45, 2.75) is 6.54 Å². The average molecular weight is 378 g/mol. The molecule has 2 aromatic carbocycles.